The molecule has 0 radical (unpaired) electrons. The predicted molar refractivity (Wildman–Crippen MR) is 61.2 cm³/mol. The topological polar surface area (TPSA) is 36.7 Å². The highest BCUT2D eigenvalue weighted by atomic mass is 16.3. The molecule has 1 fully saturated rings. The quantitative estimate of drug-likeness (QED) is 0.719. The summed E-state index contributed by atoms with van der Waals surface area (Å²) in [5.41, 5.74) is 0. The van der Waals surface area contributed by atoms with Gasteiger partial charge >= 0.3 is 0 Å². The third-order valence-corrected chi connectivity index (χ3v) is 2.78. The van der Waals surface area contributed by atoms with E-state index in [9.17, 15) is 4.79 Å². The van der Waals surface area contributed by atoms with E-state index >= 15 is 0 Å². The maximum atomic E-state index is 11.9. The van der Waals surface area contributed by atoms with E-state index in [4.69, 9.17) is 4.42 Å². The number of carbonyl (C=O) groups is 1. The zero-order valence-electron chi connectivity index (χ0n) is 9.26. The van der Waals surface area contributed by atoms with Crippen LogP contribution in [0.1, 0.15) is 10.6 Å². The van der Waals surface area contributed by atoms with E-state index in [1.807, 2.05) is 11.0 Å². The Morgan fingerprint density at radius 1 is 1.44 bits per heavy atom. The van der Waals surface area contributed by atoms with Crippen molar-refractivity contribution in [2.75, 3.05) is 32.7 Å². The summed E-state index contributed by atoms with van der Waals surface area (Å²) >= 11 is 0. The van der Waals surface area contributed by atoms with Crippen LogP contribution in [0.4, 0.5) is 0 Å². The van der Waals surface area contributed by atoms with Gasteiger partial charge < -0.3 is 9.32 Å². The molecule has 0 saturated carbocycles. The van der Waals surface area contributed by atoms with E-state index in [-0.39, 0.29) is 5.91 Å². The molecule has 1 amide bonds. The summed E-state index contributed by atoms with van der Waals surface area (Å²) in [5.74, 6) is 0.417. The van der Waals surface area contributed by atoms with Gasteiger partial charge in [-0.25, -0.2) is 0 Å². The minimum Gasteiger partial charge on any atom is -0.459 e. The van der Waals surface area contributed by atoms with Gasteiger partial charge in [0.25, 0.3) is 5.91 Å². The monoisotopic (exact) mass is 220 g/mol. The molecule has 0 unspecified atom stereocenters. The van der Waals surface area contributed by atoms with Crippen LogP contribution in [-0.4, -0.2) is 48.4 Å². The summed E-state index contributed by atoms with van der Waals surface area (Å²) in [4.78, 5) is 16.0. The number of nitrogens with zero attached hydrogens (tertiary/aromatic N) is 2. The first-order valence-electron chi connectivity index (χ1n) is 5.47. The Bertz CT molecular complexity index is 351. The van der Waals surface area contributed by atoms with E-state index in [2.05, 4.69) is 11.5 Å². The molecule has 1 aliphatic heterocycles. The fourth-order valence-electron chi connectivity index (χ4n) is 1.87. The summed E-state index contributed by atoms with van der Waals surface area (Å²) in [5, 5.41) is 0. The molecular weight excluding hydrogens is 204 g/mol. The molecule has 2 rings (SSSR count). The van der Waals surface area contributed by atoms with E-state index < -0.39 is 0 Å². The molecule has 0 bridgehead atoms. The Hall–Kier alpha value is -1.55. The van der Waals surface area contributed by atoms with Crippen molar-refractivity contribution in [3.8, 4) is 0 Å². The van der Waals surface area contributed by atoms with Gasteiger partial charge in [-0.2, -0.15) is 0 Å². The number of piperazine rings is 1. The van der Waals surface area contributed by atoms with Gasteiger partial charge in [-0.1, -0.05) is 6.08 Å². The Morgan fingerprint density at radius 3 is 2.75 bits per heavy atom. The van der Waals surface area contributed by atoms with Crippen LogP contribution in [0.3, 0.4) is 0 Å². The predicted octanol–water partition coefficient (Wildman–Crippen LogP) is 1.22. The average Bonchev–Trinajstić information content (AvgIpc) is 2.83. The molecule has 0 N–H and O–H groups in total. The van der Waals surface area contributed by atoms with Gasteiger partial charge in [0.05, 0.1) is 6.26 Å². The summed E-state index contributed by atoms with van der Waals surface area (Å²) in [6, 6.07) is 3.44. The maximum Gasteiger partial charge on any atom is 0.289 e. The van der Waals surface area contributed by atoms with Crippen LogP contribution in [0.15, 0.2) is 35.5 Å². The van der Waals surface area contributed by atoms with Crippen LogP contribution in [-0.2, 0) is 0 Å². The normalized spacial score (nSPS) is 17.4. The van der Waals surface area contributed by atoms with Crippen molar-refractivity contribution in [3.05, 3.63) is 36.8 Å². The van der Waals surface area contributed by atoms with Crippen molar-refractivity contribution in [1.82, 2.24) is 9.80 Å². The lowest BCUT2D eigenvalue weighted by atomic mass is 10.3. The van der Waals surface area contributed by atoms with Crippen molar-refractivity contribution < 1.29 is 9.21 Å². The standard InChI is InChI=1S/C12H16N2O2/c1-2-5-13-6-8-14(9-7-13)12(15)11-4-3-10-16-11/h2-4,10H,1,5-9H2. The zero-order valence-corrected chi connectivity index (χ0v) is 9.26. The lowest BCUT2D eigenvalue weighted by Crippen LogP contribution is -2.48. The van der Waals surface area contributed by atoms with Crippen LogP contribution >= 0.6 is 0 Å². The van der Waals surface area contributed by atoms with Gasteiger partial charge in [-0.15, -0.1) is 6.58 Å². The molecule has 1 aromatic rings. The molecule has 1 aromatic heterocycles. The first kappa shape index (κ1) is 11.0. The van der Waals surface area contributed by atoms with Crippen LogP contribution in [0.5, 0.6) is 0 Å². The lowest BCUT2D eigenvalue weighted by Gasteiger charge is -2.33. The second kappa shape index (κ2) is 4.99. The van der Waals surface area contributed by atoms with Crippen molar-refractivity contribution in [2.45, 2.75) is 0 Å². The number of furan rings is 1. The van der Waals surface area contributed by atoms with Gasteiger partial charge in [0, 0.05) is 32.7 Å². The molecule has 0 aromatic carbocycles. The summed E-state index contributed by atoms with van der Waals surface area (Å²) in [6.07, 6.45) is 3.42. The van der Waals surface area contributed by atoms with Gasteiger partial charge in [0.2, 0.25) is 0 Å². The maximum absolute atomic E-state index is 11.9. The smallest absolute Gasteiger partial charge is 0.289 e. The number of hydrogen-bond acceptors (Lipinski definition) is 3. The Kier molecular flexibility index (Phi) is 3.41. The minimum absolute atomic E-state index is 0.0109. The lowest BCUT2D eigenvalue weighted by molar-refractivity contribution is 0.0619. The highest BCUT2D eigenvalue weighted by Crippen LogP contribution is 2.09. The average molecular weight is 220 g/mol. The van der Waals surface area contributed by atoms with E-state index in [1.165, 1.54) is 6.26 Å². The summed E-state index contributed by atoms with van der Waals surface area (Å²) < 4.78 is 5.10. The third-order valence-electron chi connectivity index (χ3n) is 2.78. The molecule has 0 aliphatic carbocycles. The third kappa shape index (κ3) is 2.33. The number of amides is 1. The second-order valence-electron chi connectivity index (χ2n) is 3.86. The SMILES string of the molecule is C=CCN1CCN(C(=O)c2ccco2)CC1. The highest BCUT2D eigenvalue weighted by molar-refractivity contribution is 5.91. The molecule has 1 saturated heterocycles. The molecular formula is C12H16N2O2. The van der Waals surface area contributed by atoms with Crippen molar-refractivity contribution in [3.63, 3.8) is 0 Å². The molecule has 86 valence electrons. The van der Waals surface area contributed by atoms with Crippen molar-refractivity contribution in [1.29, 1.82) is 0 Å². The van der Waals surface area contributed by atoms with E-state index in [1.54, 1.807) is 12.1 Å². The van der Waals surface area contributed by atoms with E-state index in [0.29, 0.717) is 5.76 Å². The first-order chi connectivity index (χ1) is 7.81. The van der Waals surface area contributed by atoms with Gasteiger partial charge in [-0.3, -0.25) is 9.69 Å². The first-order valence-corrected chi connectivity index (χ1v) is 5.47. The largest absolute Gasteiger partial charge is 0.459 e. The van der Waals surface area contributed by atoms with Crippen molar-refractivity contribution in [2.24, 2.45) is 0 Å². The molecule has 4 nitrogen and oxygen atoms in total. The van der Waals surface area contributed by atoms with E-state index in [0.717, 1.165) is 32.7 Å². The van der Waals surface area contributed by atoms with Crippen LogP contribution in [0.25, 0.3) is 0 Å². The Labute approximate surface area is 95.1 Å². The van der Waals surface area contributed by atoms with Crippen molar-refractivity contribution >= 4 is 5.91 Å². The second-order valence-corrected chi connectivity index (χ2v) is 3.86. The van der Waals surface area contributed by atoms with Gasteiger partial charge in [0.1, 0.15) is 0 Å². The Morgan fingerprint density at radius 2 is 2.19 bits per heavy atom. The van der Waals surface area contributed by atoms with Crippen LogP contribution < -0.4 is 0 Å². The summed E-state index contributed by atoms with van der Waals surface area (Å²) in [7, 11) is 0. The number of rotatable bonds is 3. The van der Waals surface area contributed by atoms with Crippen LogP contribution in [0.2, 0.25) is 0 Å². The highest BCUT2D eigenvalue weighted by Gasteiger charge is 2.22. The van der Waals surface area contributed by atoms with Crippen LogP contribution in [0, 0.1) is 0 Å². The zero-order chi connectivity index (χ0) is 11.4. The molecule has 4 heteroatoms. The minimum atomic E-state index is -0.0109. The number of carbonyl (C=O) groups excluding carboxylic acids is 1. The fraction of sp³-hybridized carbons (Fsp3) is 0.417. The molecule has 2 heterocycles. The molecule has 16 heavy (non-hydrogen) atoms. The molecule has 1 aliphatic rings. The Balaban J connectivity index is 1.89. The van der Waals surface area contributed by atoms with Gasteiger partial charge in [-0.05, 0) is 12.1 Å². The summed E-state index contributed by atoms with van der Waals surface area (Å²) in [6.45, 7) is 7.92. The fourth-order valence-corrected chi connectivity index (χ4v) is 1.87. The molecule has 0 atom stereocenters. The molecule has 0 spiro atoms. The number of hydrogen-bond donors (Lipinski definition) is 0. The van der Waals surface area contributed by atoms with Gasteiger partial charge in [0.15, 0.2) is 5.76 Å².